The molecule has 0 saturated carbocycles. The van der Waals surface area contributed by atoms with E-state index in [1.54, 1.807) is 18.2 Å². The Balaban J connectivity index is 1.72. The van der Waals surface area contributed by atoms with Gasteiger partial charge in [-0.25, -0.2) is 4.79 Å². The third-order valence-corrected chi connectivity index (χ3v) is 6.01. The Labute approximate surface area is 176 Å². The van der Waals surface area contributed by atoms with Crippen molar-refractivity contribution >= 4 is 21.6 Å². The zero-order chi connectivity index (χ0) is 20.5. The number of hydrogen-bond donors (Lipinski definition) is 1. The molecule has 150 valence electrons. The summed E-state index contributed by atoms with van der Waals surface area (Å²) >= 11 is 3.47. The van der Waals surface area contributed by atoms with Crippen LogP contribution in [-0.4, -0.2) is 30.6 Å². The molecule has 0 aliphatic heterocycles. The smallest absolute Gasteiger partial charge is 0.368 e. The first kappa shape index (κ1) is 19.7. The maximum absolute atomic E-state index is 12.3. The Morgan fingerprint density at radius 2 is 1.93 bits per heavy atom. The van der Waals surface area contributed by atoms with Crippen LogP contribution in [0.1, 0.15) is 48.2 Å². The van der Waals surface area contributed by atoms with E-state index in [4.69, 9.17) is 0 Å². The van der Waals surface area contributed by atoms with Crippen LogP contribution in [0.2, 0.25) is 0 Å². The highest BCUT2D eigenvalue weighted by molar-refractivity contribution is 9.10. The summed E-state index contributed by atoms with van der Waals surface area (Å²) in [6.07, 6.45) is 3.50. The number of halogens is 1. The number of aromatic nitrogens is 4. The van der Waals surface area contributed by atoms with Crippen LogP contribution in [0.25, 0.3) is 5.69 Å². The zero-order valence-electron chi connectivity index (χ0n) is 16.3. The Morgan fingerprint density at radius 1 is 1.17 bits per heavy atom. The van der Waals surface area contributed by atoms with Crippen LogP contribution in [-0.2, 0) is 19.9 Å². The number of nitrogens with zero attached hydrogens (tertiary/aromatic N) is 5. The fraction of sp³-hybridized carbons (Fsp3) is 0.333. The lowest BCUT2D eigenvalue weighted by atomic mass is 9.90. The minimum atomic E-state index is -1.16. The lowest BCUT2D eigenvalue weighted by molar-refractivity contribution is 0.187. The van der Waals surface area contributed by atoms with Gasteiger partial charge in [0.15, 0.2) is 6.23 Å². The lowest BCUT2D eigenvalue weighted by Crippen LogP contribution is -2.23. The van der Waals surface area contributed by atoms with Crippen LogP contribution in [0.15, 0.2) is 50.7 Å². The van der Waals surface area contributed by atoms with E-state index in [1.165, 1.54) is 31.0 Å². The van der Waals surface area contributed by atoms with Crippen molar-refractivity contribution in [3.05, 3.63) is 73.6 Å². The van der Waals surface area contributed by atoms with Gasteiger partial charge in [-0.2, -0.15) is 9.36 Å². The normalized spacial score (nSPS) is 15.2. The van der Waals surface area contributed by atoms with Gasteiger partial charge in [0.25, 0.3) is 0 Å². The molecule has 0 amide bonds. The van der Waals surface area contributed by atoms with E-state index in [9.17, 15) is 9.90 Å². The number of benzene rings is 2. The highest BCUT2D eigenvalue weighted by Crippen LogP contribution is 2.30. The van der Waals surface area contributed by atoms with E-state index < -0.39 is 11.9 Å². The van der Waals surface area contributed by atoms with E-state index in [2.05, 4.69) is 49.5 Å². The van der Waals surface area contributed by atoms with Crippen LogP contribution in [0, 0.1) is 0 Å². The predicted octanol–water partition coefficient (Wildman–Crippen LogP) is 3.11. The van der Waals surface area contributed by atoms with Crippen molar-refractivity contribution in [2.75, 3.05) is 0 Å². The monoisotopic (exact) mass is 455 g/mol. The molecule has 3 aromatic rings. The summed E-state index contributed by atoms with van der Waals surface area (Å²) in [7, 11) is 1.53. The molecule has 4 rings (SSSR count). The molecule has 1 heterocycles. The van der Waals surface area contributed by atoms with Crippen molar-refractivity contribution in [2.45, 2.75) is 38.8 Å². The molecule has 1 unspecified atom stereocenters. The topological polar surface area (TPSA) is 85.3 Å². The largest absolute Gasteiger partial charge is 0.368 e. The molecule has 1 aliphatic rings. The summed E-state index contributed by atoms with van der Waals surface area (Å²) in [5.41, 5.74) is 5.01. The molecule has 1 aliphatic carbocycles. The van der Waals surface area contributed by atoms with E-state index in [-0.39, 0.29) is 0 Å². The molecule has 0 bridgehead atoms. The van der Waals surface area contributed by atoms with Crippen molar-refractivity contribution in [3.8, 4) is 5.69 Å². The molecule has 1 N–H and O–H groups in total. The molecule has 0 spiro atoms. The van der Waals surface area contributed by atoms with Gasteiger partial charge in [0.05, 0.1) is 5.69 Å². The molecule has 2 aromatic carbocycles. The maximum Gasteiger partial charge on any atom is 0.368 e. The lowest BCUT2D eigenvalue weighted by Gasteiger charge is -2.17. The van der Waals surface area contributed by atoms with Crippen molar-refractivity contribution < 1.29 is 5.11 Å². The summed E-state index contributed by atoms with van der Waals surface area (Å²) in [6, 6.07) is 11.7. The first-order chi connectivity index (χ1) is 14.0. The minimum absolute atomic E-state index is 0.396. The highest BCUT2D eigenvalue weighted by Gasteiger charge is 2.20. The first-order valence-electron chi connectivity index (χ1n) is 9.58. The third kappa shape index (κ3) is 3.82. The fourth-order valence-corrected chi connectivity index (χ4v) is 4.27. The van der Waals surface area contributed by atoms with Crippen LogP contribution in [0.4, 0.5) is 0 Å². The van der Waals surface area contributed by atoms with Crippen molar-refractivity contribution in [1.82, 2.24) is 19.8 Å². The van der Waals surface area contributed by atoms with Gasteiger partial charge >= 0.3 is 5.69 Å². The number of fused-ring (bicyclic) bond motifs is 1. The second-order valence-electron chi connectivity index (χ2n) is 7.25. The van der Waals surface area contributed by atoms with Gasteiger partial charge in [0.2, 0.25) is 0 Å². The Morgan fingerprint density at radius 3 is 2.66 bits per heavy atom. The van der Waals surface area contributed by atoms with Gasteiger partial charge in [-0.05, 0) is 77.9 Å². The van der Waals surface area contributed by atoms with Gasteiger partial charge in [-0.3, -0.25) is 4.99 Å². The minimum Gasteiger partial charge on any atom is -0.368 e. The van der Waals surface area contributed by atoms with E-state index >= 15 is 0 Å². The Kier molecular flexibility index (Phi) is 5.47. The number of hydrogen-bond acceptors (Lipinski definition) is 5. The average molecular weight is 456 g/mol. The van der Waals surface area contributed by atoms with E-state index in [0.29, 0.717) is 15.7 Å². The summed E-state index contributed by atoms with van der Waals surface area (Å²) < 4.78 is 2.94. The molecule has 1 aromatic heterocycles. The van der Waals surface area contributed by atoms with E-state index in [0.717, 1.165) is 33.5 Å². The summed E-state index contributed by atoms with van der Waals surface area (Å²) in [5.74, 6) is 0. The zero-order valence-corrected chi connectivity index (χ0v) is 17.9. The molecular formula is C21H22BrN5O2. The number of rotatable bonds is 4. The molecule has 8 heteroatoms. The van der Waals surface area contributed by atoms with Crippen LogP contribution >= 0.6 is 15.9 Å². The second-order valence-corrected chi connectivity index (χ2v) is 8.10. The number of aliphatic hydroxyl groups excluding tert-OH is 1. The second kappa shape index (κ2) is 8.04. The van der Waals surface area contributed by atoms with Crippen molar-refractivity contribution in [1.29, 1.82) is 0 Å². The Bertz CT molecular complexity index is 1150. The summed E-state index contributed by atoms with van der Waals surface area (Å²) in [4.78, 5) is 16.8. The van der Waals surface area contributed by atoms with Crippen molar-refractivity contribution in [2.24, 2.45) is 12.0 Å². The van der Waals surface area contributed by atoms with Gasteiger partial charge in [0.1, 0.15) is 0 Å². The number of aryl methyl sites for hydroxylation is 3. The Hall–Kier alpha value is -2.58. The number of tetrazole rings is 1. The predicted molar refractivity (Wildman–Crippen MR) is 115 cm³/mol. The average Bonchev–Trinajstić information content (AvgIpc) is 3.05. The molecule has 7 nitrogen and oxygen atoms in total. The molecular weight excluding hydrogens is 434 g/mol. The molecule has 29 heavy (non-hydrogen) atoms. The molecule has 1 atom stereocenters. The fourth-order valence-electron chi connectivity index (χ4n) is 3.71. The van der Waals surface area contributed by atoms with Crippen molar-refractivity contribution in [3.63, 3.8) is 0 Å². The molecule has 0 fully saturated rings. The highest BCUT2D eigenvalue weighted by atomic mass is 79.9. The van der Waals surface area contributed by atoms with Gasteiger partial charge in [0, 0.05) is 22.8 Å². The van der Waals surface area contributed by atoms with Crippen LogP contribution < -0.4 is 5.69 Å². The third-order valence-electron chi connectivity index (χ3n) is 5.32. The van der Waals surface area contributed by atoms with E-state index in [1.807, 2.05) is 6.92 Å². The van der Waals surface area contributed by atoms with Gasteiger partial charge in [-0.15, -0.1) is 0 Å². The number of aliphatic imine (C=N–C) groups is 1. The number of aliphatic hydroxyl groups is 1. The molecule has 0 radical (unpaired) electrons. The summed E-state index contributed by atoms with van der Waals surface area (Å²) in [6.45, 7) is 1.89. The standard InChI is InChI=1S/C21H22BrN5O2/c1-13(15-11-10-14-6-3-4-7-16(14)12-15)23-20(28)19-17(22)8-5-9-18(19)27-21(29)26(2)24-25-27/h5,8-12,20,28H,3-4,6-7H2,1-2H3. The summed E-state index contributed by atoms with van der Waals surface area (Å²) in [5, 5.41) is 18.6. The first-order valence-corrected chi connectivity index (χ1v) is 10.4. The SMILES string of the molecule is CC(=NC(O)c1c(Br)cccc1-n1nnn(C)c1=O)c1ccc2c(c1)CCCC2. The van der Waals surface area contributed by atoms with Gasteiger partial charge < -0.3 is 5.11 Å². The van der Waals surface area contributed by atoms with Crippen LogP contribution in [0.3, 0.4) is 0 Å². The maximum atomic E-state index is 12.3. The van der Waals surface area contributed by atoms with Crippen LogP contribution in [0.5, 0.6) is 0 Å². The molecule has 0 saturated heterocycles. The van der Waals surface area contributed by atoms with Gasteiger partial charge in [-0.1, -0.05) is 34.1 Å². The quantitative estimate of drug-likeness (QED) is 0.612.